The van der Waals surface area contributed by atoms with Gasteiger partial charge in [0.1, 0.15) is 5.56 Å². The lowest BCUT2D eigenvalue weighted by Gasteiger charge is -2.12. The van der Waals surface area contributed by atoms with Crippen molar-refractivity contribution in [3.8, 4) is 0 Å². The standard InChI is InChI=1S/C17H20N2O3/c1-12(2)22-11-14-7-4-3-6-13(14)10-19-17(21)15-8-5-9-18-16(15)20/h3-9,12H,10-11H2,1-2H3,(H,18,20)(H,19,21). The van der Waals surface area contributed by atoms with Gasteiger partial charge < -0.3 is 15.0 Å². The third kappa shape index (κ3) is 4.30. The Morgan fingerprint density at radius 1 is 1.18 bits per heavy atom. The predicted molar refractivity (Wildman–Crippen MR) is 84.6 cm³/mol. The zero-order chi connectivity index (χ0) is 15.9. The molecule has 0 fully saturated rings. The van der Waals surface area contributed by atoms with Gasteiger partial charge in [-0.1, -0.05) is 24.3 Å². The Labute approximate surface area is 129 Å². The van der Waals surface area contributed by atoms with E-state index < -0.39 is 5.56 Å². The van der Waals surface area contributed by atoms with Gasteiger partial charge >= 0.3 is 0 Å². The van der Waals surface area contributed by atoms with Crippen molar-refractivity contribution in [1.82, 2.24) is 10.3 Å². The second-order valence-corrected chi connectivity index (χ2v) is 5.22. The molecular formula is C17H20N2O3. The zero-order valence-corrected chi connectivity index (χ0v) is 12.8. The summed E-state index contributed by atoms with van der Waals surface area (Å²) >= 11 is 0. The fourth-order valence-electron chi connectivity index (χ4n) is 2.00. The first-order valence-corrected chi connectivity index (χ1v) is 7.22. The van der Waals surface area contributed by atoms with E-state index >= 15 is 0 Å². The van der Waals surface area contributed by atoms with Crippen molar-refractivity contribution < 1.29 is 9.53 Å². The Bertz CT molecular complexity index is 692. The number of carbonyl (C=O) groups is 1. The molecule has 0 aliphatic heterocycles. The van der Waals surface area contributed by atoms with Gasteiger partial charge in [0.15, 0.2) is 0 Å². The van der Waals surface area contributed by atoms with E-state index in [9.17, 15) is 9.59 Å². The number of benzene rings is 1. The minimum atomic E-state index is -0.392. The molecule has 5 heteroatoms. The molecule has 0 spiro atoms. The van der Waals surface area contributed by atoms with Gasteiger partial charge in [0.25, 0.3) is 11.5 Å². The smallest absolute Gasteiger partial charge is 0.260 e. The molecule has 0 radical (unpaired) electrons. The van der Waals surface area contributed by atoms with E-state index in [2.05, 4.69) is 10.3 Å². The van der Waals surface area contributed by atoms with E-state index in [0.717, 1.165) is 11.1 Å². The second-order valence-electron chi connectivity index (χ2n) is 5.22. The van der Waals surface area contributed by atoms with Crippen LogP contribution in [0.25, 0.3) is 0 Å². The maximum atomic E-state index is 12.1. The first-order chi connectivity index (χ1) is 10.6. The second kappa shape index (κ2) is 7.56. The summed E-state index contributed by atoms with van der Waals surface area (Å²) in [7, 11) is 0. The van der Waals surface area contributed by atoms with Gasteiger partial charge in [-0.05, 0) is 37.1 Å². The molecular weight excluding hydrogens is 280 g/mol. The largest absolute Gasteiger partial charge is 0.374 e. The summed E-state index contributed by atoms with van der Waals surface area (Å²) in [6.07, 6.45) is 1.64. The number of H-pyrrole nitrogens is 1. The average Bonchev–Trinajstić information content (AvgIpc) is 2.51. The molecule has 1 heterocycles. The van der Waals surface area contributed by atoms with Crippen LogP contribution in [0.2, 0.25) is 0 Å². The summed E-state index contributed by atoms with van der Waals surface area (Å²) in [4.78, 5) is 26.1. The molecule has 5 nitrogen and oxygen atoms in total. The van der Waals surface area contributed by atoms with E-state index in [4.69, 9.17) is 4.74 Å². The number of amides is 1. The highest BCUT2D eigenvalue weighted by Gasteiger charge is 2.10. The number of aromatic amines is 1. The Morgan fingerprint density at radius 2 is 1.91 bits per heavy atom. The summed E-state index contributed by atoms with van der Waals surface area (Å²) < 4.78 is 5.61. The van der Waals surface area contributed by atoms with Crippen LogP contribution < -0.4 is 10.9 Å². The van der Waals surface area contributed by atoms with Crippen LogP contribution in [0, 0.1) is 0 Å². The van der Waals surface area contributed by atoms with E-state index in [1.54, 1.807) is 6.07 Å². The van der Waals surface area contributed by atoms with Gasteiger partial charge in [-0.3, -0.25) is 9.59 Å². The number of pyridine rings is 1. The minimum absolute atomic E-state index is 0.110. The van der Waals surface area contributed by atoms with Crippen molar-refractivity contribution in [3.63, 3.8) is 0 Å². The van der Waals surface area contributed by atoms with Crippen molar-refractivity contribution in [1.29, 1.82) is 0 Å². The molecule has 116 valence electrons. The number of nitrogens with one attached hydrogen (secondary N) is 2. The highest BCUT2D eigenvalue weighted by Crippen LogP contribution is 2.11. The topological polar surface area (TPSA) is 71.2 Å². The van der Waals surface area contributed by atoms with Gasteiger partial charge in [-0.2, -0.15) is 0 Å². The Hall–Kier alpha value is -2.40. The molecule has 2 aromatic rings. The number of ether oxygens (including phenoxy) is 1. The molecule has 2 N–H and O–H groups in total. The van der Waals surface area contributed by atoms with Crippen molar-refractivity contribution in [2.24, 2.45) is 0 Å². The van der Waals surface area contributed by atoms with Crippen LogP contribution in [-0.4, -0.2) is 17.0 Å². The number of hydrogen-bond donors (Lipinski definition) is 2. The quantitative estimate of drug-likeness (QED) is 0.859. The highest BCUT2D eigenvalue weighted by molar-refractivity contribution is 5.93. The lowest BCUT2D eigenvalue weighted by atomic mass is 10.1. The zero-order valence-electron chi connectivity index (χ0n) is 12.8. The molecule has 0 saturated heterocycles. The average molecular weight is 300 g/mol. The Kier molecular flexibility index (Phi) is 5.49. The molecule has 1 amide bonds. The van der Waals surface area contributed by atoms with Crippen molar-refractivity contribution in [2.75, 3.05) is 0 Å². The third-order valence-corrected chi connectivity index (χ3v) is 3.19. The van der Waals surface area contributed by atoms with E-state index in [1.807, 2.05) is 38.1 Å². The Balaban J connectivity index is 2.04. The van der Waals surface area contributed by atoms with Crippen LogP contribution in [0.15, 0.2) is 47.4 Å². The molecule has 0 bridgehead atoms. The molecule has 22 heavy (non-hydrogen) atoms. The molecule has 0 atom stereocenters. The fraction of sp³-hybridized carbons (Fsp3) is 0.294. The van der Waals surface area contributed by atoms with Crippen molar-refractivity contribution >= 4 is 5.91 Å². The normalized spacial score (nSPS) is 10.7. The molecule has 0 unspecified atom stereocenters. The van der Waals surface area contributed by atoms with E-state index in [1.165, 1.54) is 12.3 Å². The fourth-order valence-corrected chi connectivity index (χ4v) is 2.00. The lowest BCUT2D eigenvalue weighted by Crippen LogP contribution is -2.29. The predicted octanol–water partition coefficient (Wildman–Crippen LogP) is 2.23. The SMILES string of the molecule is CC(C)OCc1ccccc1CNC(=O)c1ccc[nH]c1=O. The van der Waals surface area contributed by atoms with E-state index in [0.29, 0.717) is 13.2 Å². The van der Waals surface area contributed by atoms with Crippen LogP contribution in [0.4, 0.5) is 0 Å². The Morgan fingerprint density at radius 3 is 2.59 bits per heavy atom. The summed E-state index contributed by atoms with van der Waals surface area (Å²) in [5, 5.41) is 2.77. The third-order valence-electron chi connectivity index (χ3n) is 3.19. The molecule has 0 aliphatic rings. The maximum Gasteiger partial charge on any atom is 0.260 e. The van der Waals surface area contributed by atoms with Crippen LogP contribution in [0.5, 0.6) is 0 Å². The van der Waals surface area contributed by atoms with Crippen LogP contribution in [-0.2, 0) is 17.9 Å². The van der Waals surface area contributed by atoms with Crippen LogP contribution in [0.1, 0.15) is 35.3 Å². The highest BCUT2D eigenvalue weighted by atomic mass is 16.5. The summed E-state index contributed by atoms with van der Waals surface area (Å²) in [6.45, 7) is 4.80. The van der Waals surface area contributed by atoms with Gasteiger partial charge in [0.05, 0.1) is 12.7 Å². The molecule has 0 saturated carbocycles. The number of rotatable bonds is 6. The monoisotopic (exact) mass is 300 g/mol. The van der Waals surface area contributed by atoms with Crippen molar-refractivity contribution in [2.45, 2.75) is 33.1 Å². The van der Waals surface area contributed by atoms with Gasteiger partial charge in [0.2, 0.25) is 0 Å². The summed E-state index contributed by atoms with van der Waals surface area (Å²) in [5.74, 6) is -0.388. The molecule has 1 aromatic heterocycles. The minimum Gasteiger partial charge on any atom is -0.374 e. The van der Waals surface area contributed by atoms with Crippen LogP contribution in [0.3, 0.4) is 0 Å². The maximum absolute atomic E-state index is 12.1. The van der Waals surface area contributed by atoms with Crippen LogP contribution >= 0.6 is 0 Å². The number of aromatic nitrogens is 1. The molecule has 0 aliphatic carbocycles. The van der Waals surface area contributed by atoms with E-state index in [-0.39, 0.29) is 17.6 Å². The first kappa shape index (κ1) is 16.0. The number of hydrogen-bond acceptors (Lipinski definition) is 3. The van der Waals surface area contributed by atoms with Gasteiger partial charge in [0, 0.05) is 12.7 Å². The molecule has 2 rings (SSSR count). The van der Waals surface area contributed by atoms with Crippen molar-refractivity contribution in [3.05, 3.63) is 69.6 Å². The number of carbonyl (C=O) groups excluding carboxylic acids is 1. The summed E-state index contributed by atoms with van der Waals surface area (Å²) in [6, 6.07) is 10.9. The molecule has 1 aromatic carbocycles. The lowest BCUT2D eigenvalue weighted by molar-refractivity contribution is 0.0651. The summed E-state index contributed by atoms with van der Waals surface area (Å²) in [5.41, 5.74) is 1.72. The van der Waals surface area contributed by atoms with Gasteiger partial charge in [-0.15, -0.1) is 0 Å². The first-order valence-electron chi connectivity index (χ1n) is 7.22. The van der Waals surface area contributed by atoms with Gasteiger partial charge in [-0.25, -0.2) is 0 Å².